The highest BCUT2D eigenvalue weighted by atomic mass is 16.5. The number of imide groups is 1. The van der Waals surface area contributed by atoms with Gasteiger partial charge in [-0.25, -0.2) is 0 Å². The number of likely N-dealkylation sites (tertiary alicyclic amines) is 1. The van der Waals surface area contributed by atoms with Gasteiger partial charge in [0.2, 0.25) is 11.8 Å². The van der Waals surface area contributed by atoms with Crippen molar-refractivity contribution in [2.75, 3.05) is 26.2 Å². The topological polar surface area (TPSA) is 122 Å². The van der Waals surface area contributed by atoms with Gasteiger partial charge < -0.3 is 20.7 Å². The first-order valence-electron chi connectivity index (χ1n) is 12.6. The fraction of sp³-hybridized carbons (Fsp3) is 0.429. The van der Waals surface area contributed by atoms with E-state index in [1.54, 1.807) is 43.0 Å². The number of nitrogens with two attached hydrogens (primary N) is 1. The summed E-state index contributed by atoms with van der Waals surface area (Å²) in [6, 6.07) is 15.6. The summed E-state index contributed by atoms with van der Waals surface area (Å²) < 4.78 is 5.79. The van der Waals surface area contributed by atoms with E-state index in [-0.39, 0.29) is 30.2 Å². The average molecular weight is 507 g/mol. The summed E-state index contributed by atoms with van der Waals surface area (Å²) in [7, 11) is 0. The van der Waals surface area contributed by atoms with Crippen LogP contribution < -0.4 is 11.1 Å². The largest absolute Gasteiger partial charge is 0.374 e. The number of nitrogens with zero attached hydrogens (tertiary/aromatic N) is 2. The van der Waals surface area contributed by atoms with Gasteiger partial charge in [0.15, 0.2) is 0 Å². The molecule has 0 aliphatic carbocycles. The van der Waals surface area contributed by atoms with Crippen molar-refractivity contribution < 1.29 is 23.9 Å². The molecule has 1 fully saturated rings. The Labute approximate surface area is 216 Å². The Morgan fingerprint density at radius 2 is 1.57 bits per heavy atom. The third kappa shape index (κ3) is 6.23. The molecule has 0 bridgehead atoms. The number of fused-ring (bicyclic) bond motifs is 1. The van der Waals surface area contributed by atoms with E-state index >= 15 is 0 Å². The van der Waals surface area contributed by atoms with Gasteiger partial charge in [0.05, 0.1) is 29.9 Å². The van der Waals surface area contributed by atoms with Crippen LogP contribution in [0.5, 0.6) is 0 Å². The van der Waals surface area contributed by atoms with Crippen LogP contribution in [0.2, 0.25) is 0 Å². The van der Waals surface area contributed by atoms with Gasteiger partial charge in [-0.1, -0.05) is 42.5 Å². The van der Waals surface area contributed by atoms with Crippen molar-refractivity contribution in [1.82, 2.24) is 15.1 Å². The van der Waals surface area contributed by atoms with Gasteiger partial charge >= 0.3 is 0 Å². The van der Waals surface area contributed by atoms with Crippen LogP contribution in [0.3, 0.4) is 0 Å². The van der Waals surface area contributed by atoms with Crippen LogP contribution in [0.15, 0.2) is 54.6 Å². The minimum atomic E-state index is -1.14. The van der Waals surface area contributed by atoms with E-state index in [2.05, 4.69) is 5.32 Å². The molecule has 2 aromatic carbocycles. The standard InChI is InChI=1S/C28H34N4O5/c1-28(2,29)27(36)30-23(18-37-17-20-8-4-3-5-9-20)26(35)31-14-12-19(13-15-31)16-32-24(33)21-10-6-7-11-22(21)25(32)34/h3-11,19,23H,12-18,29H2,1-2H3,(H,30,36). The molecule has 1 unspecified atom stereocenters. The molecule has 0 aromatic heterocycles. The van der Waals surface area contributed by atoms with Crippen molar-refractivity contribution in [2.24, 2.45) is 11.7 Å². The van der Waals surface area contributed by atoms with Crippen LogP contribution in [0.25, 0.3) is 0 Å². The molecule has 1 saturated heterocycles. The van der Waals surface area contributed by atoms with Crippen LogP contribution in [0.1, 0.15) is 53.0 Å². The third-order valence-corrected chi connectivity index (χ3v) is 6.83. The fourth-order valence-electron chi connectivity index (χ4n) is 4.61. The highest BCUT2D eigenvalue weighted by Gasteiger charge is 2.38. The number of piperidine rings is 1. The molecule has 4 amide bonds. The lowest BCUT2D eigenvalue weighted by atomic mass is 9.95. The lowest BCUT2D eigenvalue weighted by Crippen LogP contribution is -2.58. The van der Waals surface area contributed by atoms with E-state index in [0.717, 1.165) is 5.56 Å². The van der Waals surface area contributed by atoms with E-state index in [1.807, 2.05) is 30.3 Å². The van der Waals surface area contributed by atoms with Crippen LogP contribution >= 0.6 is 0 Å². The molecule has 2 heterocycles. The second kappa shape index (κ2) is 11.2. The van der Waals surface area contributed by atoms with Crippen LogP contribution in [-0.4, -0.2) is 71.3 Å². The summed E-state index contributed by atoms with van der Waals surface area (Å²) in [5.74, 6) is -1.10. The van der Waals surface area contributed by atoms with Gasteiger partial charge in [-0.05, 0) is 50.3 Å². The minimum absolute atomic E-state index is 0.0184. The Balaban J connectivity index is 1.34. The van der Waals surface area contributed by atoms with Crippen molar-refractivity contribution in [2.45, 2.75) is 44.9 Å². The lowest BCUT2D eigenvalue weighted by molar-refractivity contribution is -0.140. The second-order valence-corrected chi connectivity index (χ2v) is 10.3. The van der Waals surface area contributed by atoms with Gasteiger partial charge in [0, 0.05) is 19.6 Å². The first-order valence-corrected chi connectivity index (χ1v) is 12.6. The zero-order chi connectivity index (χ0) is 26.6. The van der Waals surface area contributed by atoms with Crippen molar-refractivity contribution in [3.05, 3.63) is 71.3 Å². The summed E-state index contributed by atoms with van der Waals surface area (Å²) in [6.45, 7) is 4.75. The molecular formula is C28H34N4O5. The molecule has 196 valence electrons. The smallest absolute Gasteiger partial charge is 0.261 e. The SMILES string of the molecule is CC(C)(N)C(=O)NC(COCc1ccccc1)C(=O)N1CCC(CN2C(=O)c3ccccc3C2=O)CC1. The number of hydrogen-bond donors (Lipinski definition) is 2. The number of amides is 4. The highest BCUT2D eigenvalue weighted by Crippen LogP contribution is 2.26. The minimum Gasteiger partial charge on any atom is -0.374 e. The molecule has 1 atom stereocenters. The number of hydrogen-bond acceptors (Lipinski definition) is 6. The number of carbonyl (C=O) groups is 4. The lowest BCUT2D eigenvalue weighted by Gasteiger charge is -2.35. The Kier molecular flexibility index (Phi) is 8.04. The van der Waals surface area contributed by atoms with E-state index in [4.69, 9.17) is 10.5 Å². The van der Waals surface area contributed by atoms with E-state index < -0.39 is 17.5 Å². The predicted octanol–water partition coefficient (Wildman–Crippen LogP) is 1.96. The Hall–Kier alpha value is -3.56. The zero-order valence-electron chi connectivity index (χ0n) is 21.3. The van der Waals surface area contributed by atoms with E-state index in [0.29, 0.717) is 50.2 Å². The first kappa shape index (κ1) is 26.5. The van der Waals surface area contributed by atoms with Crippen molar-refractivity contribution in [1.29, 1.82) is 0 Å². The maximum absolute atomic E-state index is 13.4. The summed E-state index contributed by atoms with van der Waals surface area (Å²) in [5.41, 5.74) is 6.65. The summed E-state index contributed by atoms with van der Waals surface area (Å²) in [6.07, 6.45) is 1.29. The highest BCUT2D eigenvalue weighted by molar-refractivity contribution is 6.21. The molecule has 2 aliphatic rings. The monoisotopic (exact) mass is 506 g/mol. The summed E-state index contributed by atoms with van der Waals surface area (Å²) >= 11 is 0. The fourth-order valence-corrected chi connectivity index (χ4v) is 4.61. The molecule has 0 saturated carbocycles. The first-order chi connectivity index (χ1) is 17.6. The van der Waals surface area contributed by atoms with E-state index in [9.17, 15) is 19.2 Å². The van der Waals surface area contributed by atoms with Gasteiger partial charge in [0.25, 0.3) is 11.8 Å². The molecule has 37 heavy (non-hydrogen) atoms. The second-order valence-electron chi connectivity index (χ2n) is 10.3. The Bertz CT molecular complexity index is 1120. The molecule has 4 rings (SSSR count). The average Bonchev–Trinajstić information content (AvgIpc) is 3.13. The molecule has 2 aromatic rings. The molecule has 9 nitrogen and oxygen atoms in total. The molecule has 2 aliphatic heterocycles. The normalized spacial score (nSPS) is 17.1. The molecular weight excluding hydrogens is 472 g/mol. The van der Waals surface area contributed by atoms with Crippen molar-refractivity contribution >= 4 is 23.6 Å². The number of carbonyl (C=O) groups excluding carboxylic acids is 4. The maximum atomic E-state index is 13.4. The molecule has 3 N–H and O–H groups in total. The number of rotatable bonds is 9. The zero-order valence-corrected chi connectivity index (χ0v) is 21.3. The Morgan fingerprint density at radius 1 is 1.00 bits per heavy atom. The van der Waals surface area contributed by atoms with Gasteiger partial charge in [-0.15, -0.1) is 0 Å². The number of ether oxygens (including phenoxy) is 1. The Morgan fingerprint density at radius 3 is 2.14 bits per heavy atom. The molecule has 9 heteroatoms. The number of benzene rings is 2. The van der Waals surface area contributed by atoms with Gasteiger partial charge in [-0.3, -0.25) is 24.1 Å². The quantitative estimate of drug-likeness (QED) is 0.502. The van der Waals surface area contributed by atoms with Crippen molar-refractivity contribution in [3.63, 3.8) is 0 Å². The molecule has 0 spiro atoms. The summed E-state index contributed by atoms with van der Waals surface area (Å²) in [4.78, 5) is 54.4. The van der Waals surface area contributed by atoms with E-state index in [1.165, 1.54) is 4.90 Å². The predicted molar refractivity (Wildman–Crippen MR) is 137 cm³/mol. The third-order valence-electron chi connectivity index (χ3n) is 6.83. The van der Waals surface area contributed by atoms with Crippen LogP contribution in [0.4, 0.5) is 0 Å². The van der Waals surface area contributed by atoms with Gasteiger partial charge in [-0.2, -0.15) is 0 Å². The van der Waals surface area contributed by atoms with Crippen LogP contribution in [-0.2, 0) is 20.9 Å². The van der Waals surface area contributed by atoms with Crippen molar-refractivity contribution in [3.8, 4) is 0 Å². The molecule has 0 radical (unpaired) electrons. The van der Waals surface area contributed by atoms with Gasteiger partial charge in [0.1, 0.15) is 6.04 Å². The maximum Gasteiger partial charge on any atom is 0.261 e. The van der Waals surface area contributed by atoms with Crippen LogP contribution in [0, 0.1) is 5.92 Å². The number of nitrogens with one attached hydrogen (secondary N) is 1. The summed E-state index contributed by atoms with van der Waals surface area (Å²) in [5, 5.41) is 2.75.